The van der Waals surface area contributed by atoms with Crippen molar-refractivity contribution in [3.05, 3.63) is 47.5 Å². The molecule has 3 saturated heterocycles. The van der Waals surface area contributed by atoms with Crippen molar-refractivity contribution in [1.29, 1.82) is 0 Å². The van der Waals surface area contributed by atoms with Gasteiger partial charge in [0, 0.05) is 6.54 Å². The first-order valence-electron chi connectivity index (χ1n) is 11.9. The number of nitrogens with one attached hydrogen (secondary N) is 1. The molecule has 3 fully saturated rings. The van der Waals surface area contributed by atoms with Gasteiger partial charge in [-0.25, -0.2) is 4.79 Å². The average molecular weight is 471 g/mol. The monoisotopic (exact) mass is 470 g/mol. The highest BCUT2D eigenvalue weighted by Gasteiger charge is 2.44. The van der Waals surface area contributed by atoms with Crippen LogP contribution >= 0.6 is 0 Å². The van der Waals surface area contributed by atoms with Crippen molar-refractivity contribution < 1.29 is 27.8 Å². The summed E-state index contributed by atoms with van der Waals surface area (Å²) in [6.07, 6.45) is -1.06. The molecule has 2 aromatic rings. The summed E-state index contributed by atoms with van der Waals surface area (Å²) in [5.74, 6) is 0.518. The summed E-state index contributed by atoms with van der Waals surface area (Å²) in [4.78, 5) is 15.2. The molecule has 8 heteroatoms. The molecule has 1 amide bonds. The maximum absolute atomic E-state index is 13.4. The molecular formula is C26H28F2N2O4. The van der Waals surface area contributed by atoms with Gasteiger partial charge in [0.05, 0.1) is 6.04 Å². The van der Waals surface area contributed by atoms with E-state index in [1.807, 2.05) is 12.1 Å². The van der Waals surface area contributed by atoms with Crippen LogP contribution in [0.15, 0.2) is 36.4 Å². The van der Waals surface area contributed by atoms with Crippen molar-refractivity contribution in [2.45, 2.75) is 51.6 Å². The number of hydrogen-bond acceptors (Lipinski definition) is 5. The van der Waals surface area contributed by atoms with E-state index in [1.165, 1.54) is 6.07 Å². The summed E-state index contributed by atoms with van der Waals surface area (Å²) in [6, 6.07) is 10.7. The fourth-order valence-electron chi connectivity index (χ4n) is 5.97. The Labute approximate surface area is 197 Å². The molecule has 34 heavy (non-hydrogen) atoms. The maximum atomic E-state index is 13.4. The topological polar surface area (TPSA) is 60.0 Å². The second kappa shape index (κ2) is 7.57. The Hall–Kier alpha value is -2.87. The van der Waals surface area contributed by atoms with Gasteiger partial charge >= 0.3 is 12.4 Å². The van der Waals surface area contributed by atoms with Gasteiger partial charge in [-0.2, -0.15) is 0 Å². The third kappa shape index (κ3) is 3.78. The third-order valence-electron chi connectivity index (χ3n) is 7.73. The second-order valence-corrected chi connectivity index (χ2v) is 10.6. The predicted octanol–water partition coefficient (Wildman–Crippen LogP) is 5.12. The van der Waals surface area contributed by atoms with Gasteiger partial charge in [0.2, 0.25) is 0 Å². The Morgan fingerprint density at radius 1 is 1.06 bits per heavy atom. The Kier molecular flexibility index (Phi) is 4.82. The van der Waals surface area contributed by atoms with Crippen molar-refractivity contribution in [1.82, 2.24) is 10.2 Å². The summed E-state index contributed by atoms with van der Waals surface area (Å²) in [7, 11) is 0. The summed E-state index contributed by atoms with van der Waals surface area (Å²) in [5.41, 5.74) is 3.66. The van der Waals surface area contributed by atoms with Crippen molar-refractivity contribution in [3.63, 3.8) is 0 Å². The minimum atomic E-state index is -3.63. The summed E-state index contributed by atoms with van der Waals surface area (Å²) in [5, 5.41) is 3.13. The van der Waals surface area contributed by atoms with Crippen LogP contribution < -0.4 is 14.8 Å². The lowest BCUT2D eigenvalue weighted by molar-refractivity contribution is -0.286. The van der Waals surface area contributed by atoms with Crippen LogP contribution in [0.25, 0.3) is 11.1 Å². The second-order valence-electron chi connectivity index (χ2n) is 10.6. The molecule has 0 radical (unpaired) electrons. The number of piperidine rings is 3. The lowest BCUT2D eigenvalue weighted by Crippen LogP contribution is -2.53. The fourth-order valence-corrected chi connectivity index (χ4v) is 5.97. The minimum Gasteiger partial charge on any atom is -0.445 e. The van der Waals surface area contributed by atoms with E-state index in [0.717, 1.165) is 61.2 Å². The molecule has 0 aromatic heterocycles. The predicted molar refractivity (Wildman–Crippen MR) is 121 cm³/mol. The first-order chi connectivity index (χ1) is 16.2. The van der Waals surface area contributed by atoms with E-state index in [1.54, 1.807) is 12.1 Å². The normalized spacial score (nSPS) is 29.5. The van der Waals surface area contributed by atoms with Crippen molar-refractivity contribution in [3.8, 4) is 22.6 Å². The fraction of sp³-hybridized carbons (Fsp3) is 0.500. The van der Waals surface area contributed by atoms with E-state index in [0.29, 0.717) is 5.92 Å². The van der Waals surface area contributed by atoms with E-state index in [4.69, 9.17) is 4.74 Å². The van der Waals surface area contributed by atoms with E-state index < -0.39 is 6.29 Å². The average Bonchev–Trinajstić information content (AvgIpc) is 3.23. The molecule has 0 spiro atoms. The summed E-state index contributed by atoms with van der Waals surface area (Å²) >= 11 is 0. The number of amides is 1. The van der Waals surface area contributed by atoms with Gasteiger partial charge in [0.1, 0.15) is 6.10 Å². The number of nitrogens with zero attached hydrogens (tertiary/aromatic N) is 1. The first-order valence-corrected chi connectivity index (χ1v) is 11.9. The van der Waals surface area contributed by atoms with Crippen molar-refractivity contribution in [2.75, 3.05) is 19.6 Å². The number of alkyl carbamates (subject to hydrolysis) is 1. The van der Waals surface area contributed by atoms with Gasteiger partial charge in [-0.15, -0.1) is 8.78 Å². The minimum absolute atomic E-state index is 0.0263. The molecule has 5 aliphatic rings. The van der Waals surface area contributed by atoms with Gasteiger partial charge in [-0.3, -0.25) is 4.90 Å². The molecule has 0 saturated carbocycles. The van der Waals surface area contributed by atoms with Crippen LogP contribution in [-0.2, 0) is 11.2 Å². The van der Waals surface area contributed by atoms with Gasteiger partial charge in [-0.05, 0) is 78.1 Å². The van der Waals surface area contributed by atoms with Gasteiger partial charge in [0.25, 0.3) is 0 Å². The molecular weight excluding hydrogens is 442 g/mol. The van der Waals surface area contributed by atoms with Crippen LogP contribution in [0.3, 0.4) is 0 Å². The van der Waals surface area contributed by atoms with Gasteiger partial charge < -0.3 is 19.5 Å². The zero-order valence-corrected chi connectivity index (χ0v) is 19.3. The third-order valence-corrected chi connectivity index (χ3v) is 7.73. The van der Waals surface area contributed by atoms with Crippen LogP contribution in [0.1, 0.15) is 43.9 Å². The number of rotatable bonds is 3. The molecule has 1 unspecified atom stereocenters. The molecule has 4 heterocycles. The molecule has 6 nitrogen and oxygen atoms in total. The number of halogens is 2. The molecule has 7 rings (SSSR count). The summed E-state index contributed by atoms with van der Waals surface area (Å²) in [6.45, 7) is 7.29. The lowest BCUT2D eigenvalue weighted by atomic mass is 9.85. The number of ether oxygens (including phenoxy) is 3. The molecule has 180 valence electrons. The van der Waals surface area contributed by atoms with Crippen molar-refractivity contribution >= 4 is 6.09 Å². The lowest BCUT2D eigenvalue weighted by Gasteiger charge is -2.44. The molecule has 1 aliphatic carbocycles. The van der Waals surface area contributed by atoms with Crippen LogP contribution in [0.5, 0.6) is 11.5 Å². The largest absolute Gasteiger partial charge is 0.586 e. The number of alkyl halides is 2. The van der Waals surface area contributed by atoms with Crippen LogP contribution in [0.2, 0.25) is 0 Å². The highest BCUT2D eigenvalue weighted by Crippen LogP contribution is 2.47. The SMILES string of the molecule is CC1(C)Cc2cc(-c3ccc4c(c3)OC(F)(F)O4)ccc2C1NC(=O)O[C@H]1CN2CCC1CC2. The molecule has 2 aromatic carbocycles. The number of carbonyl (C=O) groups excluding carboxylic acids is 1. The highest BCUT2D eigenvalue weighted by molar-refractivity contribution is 5.71. The van der Waals surface area contributed by atoms with Crippen LogP contribution in [-0.4, -0.2) is 43.0 Å². The standard InChI is InChI=1S/C26H28F2N2O4/c1-25(2)13-18-11-16(17-4-6-20-21(12-17)34-26(27,28)33-20)3-5-19(18)23(25)29-24(31)32-22-14-30-9-7-15(22)8-10-30/h3-6,11-12,15,22-23H,7-10,13-14H2,1-2H3,(H,29,31)/t22-,23?/m0/s1. The summed E-state index contributed by atoms with van der Waals surface area (Å²) < 4.78 is 41.7. The molecule has 2 atom stereocenters. The van der Waals surface area contributed by atoms with E-state index in [-0.39, 0.29) is 35.2 Å². The van der Waals surface area contributed by atoms with Crippen LogP contribution in [0, 0.1) is 11.3 Å². The Morgan fingerprint density at radius 2 is 1.76 bits per heavy atom. The quantitative estimate of drug-likeness (QED) is 0.675. The first kappa shape index (κ1) is 21.6. The zero-order valence-electron chi connectivity index (χ0n) is 19.3. The van der Waals surface area contributed by atoms with Crippen LogP contribution in [0.4, 0.5) is 13.6 Å². The number of carbonyl (C=O) groups is 1. The van der Waals surface area contributed by atoms with Gasteiger partial charge in [0.15, 0.2) is 11.5 Å². The van der Waals surface area contributed by atoms with Gasteiger partial charge in [-0.1, -0.05) is 38.1 Å². The maximum Gasteiger partial charge on any atom is 0.586 e. The van der Waals surface area contributed by atoms with E-state index in [2.05, 4.69) is 39.6 Å². The number of benzene rings is 2. The molecule has 2 bridgehead atoms. The Balaban J connectivity index is 1.20. The molecule has 4 aliphatic heterocycles. The van der Waals surface area contributed by atoms with Crippen molar-refractivity contribution in [2.24, 2.45) is 11.3 Å². The highest BCUT2D eigenvalue weighted by atomic mass is 19.3. The number of fused-ring (bicyclic) bond motifs is 5. The Morgan fingerprint density at radius 3 is 2.50 bits per heavy atom. The number of hydrogen-bond donors (Lipinski definition) is 1. The van der Waals surface area contributed by atoms with E-state index in [9.17, 15) is 13.6 Å². The smallest absolute Gasteiger partial charge is 0.445 e. The van der Waals surface area contributed by atoms with E-state index >= 15 is 0 Å². The zero-order chi connectivity index (χ0) is 23.7. The Bertz CT molecular complexity index is 1140. The molecule has 1 N–H and O–H groups in total.